The van der Waals surface area contributed by atoms with Crippen molar-refractivity contribution in [3.05, 3.63) is 29.5 Å². The lowest BCUT2D eigenvalue weighted by Gasteiger charge is -2.06. The maximum atomic E-state index is 12.2. The second kappa shape index (κ2) is 5.17. The van der Waals surface area contributed by atoms with Crippen molar-refractivity contribution >= 4 is 15.8 Å². The average Bonchev–Trinajstić information content (AvgIpc) is 2.63. The van der Waals surface area contributed by atoms with Crippen LogP contribution < -0.4 is 10.5 Å². The fourth-order valence-electron chi connectivity index (χ4n) is 1.70. The Bertz CT molecular complexity index is 720. The summed E-state index contributed by atoms with van der Waals surface area (Å²) in [5.41, 5.74) is 7.41. The number of anilines is 1. The van der Waals surface area contributed by atoms with Crippen LogP contribution in [0.1, 0.15) is 17.1 Å². The van der Waals surface area contributed by atoms with E-state index in [0.29, 0.717) is 11.4 Å². The average molecular weight is 296 g/mol. The van der Waals surface area contributed by atoms with Gasteiger partial charge in [0.2, 0.25) is 10.0 Å². The van der Waals surface area contributed by atoms with E-state index in [2.05, 4.69) is 19.8 Å². The summed E-state index contributed by atoms with van der Waals surface area (Å²) in [6.07, 6.45) is 3.10. The summed E-state index contributed by atoms with van der Waals surface area (Å²) in [5.74, 6) is -0.0208. The second-order valence-electron chi connectivity index (χ2n) is 4.40. The molecule has 0 aliphatic rings. The van der Waals surface area contributed by atoms with Crippen molar-refractivity contribution in [2.24, 2.45) is 7.05 Å². The number of nitrogens with one attached hydrogen (secondary N) is 1. The quantitative estimate of drug-likeness (QED) is 0.813. The van der Waals surface area contributed by atoms with Crippen LogP contribution in [0.4, 0.5) is 5.82 Å². The van der Waals surface area contributed by atoms with Crippen LogP contribution in [0.25, 0.3) is 0 Å². The summed E-state index contributed by atoms with van der Waals surface area (Å²) < 4.78 is 28.3. The van der Waals surface area contributed by atoms with E-state index in [1.165, 1.54) is 10.9 Å². The largest absolute Gasteiger partial charge is 0.381 e. The Morgan fingerprint density at radius 2 is 2.00 bits per heavy atom. The molecule has 9 heteroatoms. The van der Waals surface area contributed by atoms with Gasteiger partial charge in [-0.05, 0) is 13.8 Å². The normalized spacial score (nSPS) is 11.8. The Balaban J connectivity index is 2.21. The lowest BCUT2D eigenvalue weighted by molar-refractivity contribution is 0.579. The number of nitrogens with two attached hydrogens (primary N) is 1. The minimum atomic E-state index is -3.74. The van der Waals surface area contributed by atoms with Crippen LogP contribution in [-0.4, -0.2) is 28.2 Å². The standard InChI is InChI=1S/C11H16N6O2S/c1-7-4-14-9(5-13-7)6-15-20(18,19)10-8(2)17(3)16-11(10)12/h4-5,15H,6H2,1-3H3,(H2,12,16). The Hall–Kier alpha value is -2.00. The molecule has 0 unspecified atom stereocenters. The maximum absolute atomic E-state index is 12.2. The molecule has 0 amide bonds. The number of hydrogen-bond acceptors (Lipinski definition) is 6. The van der Waals surface area contributed by atoms with E-state index in [1.807, 2.05) is 0 Å². The van der Waals surface area contributed by atoms with Gasteiger partial charge in [0, 0.05) is 13.2 Å². The first-order chi connectivity index (χ1) is 9.31. The molecule has 2 aromatic rings. The van der Waals surface area contributed by atoms with E-state index in [1.54, 1.807) is 27.1 Å². The van der Waals surface area contributed by atoms with Gasteiger partial charge in [0.15, 0.2) is 5.82 Å². The Kier molecular flexibility index (Phi) is 3.73. The van der Waals surface area contributed by atoms with Crippen LogP contribution in [0.3, 0.4) is 0 Å². The van der Waals surface area contributed by atoms with E-state index in [0.717, 1.165) is 5.69 Å². The van der Waals surface area contributed by atoms with Gasteiger partial charge in [-0.15, -0.1) is 0 Å². The molecule has 20 heavy (non-hydrogen) atoms. The zero-order chi connectivity index (χ0) is 14.9. The van der Waals surface area contributed by atoms with Crippen molar-refractivity contribution in [2.75, 3.05) is 5.73 Å². The Morgan fingerprint density at radius 1 is 1.30 bits per heavy atom. The summed E-state index contributed by atoms with van der Waals surface area (Å²) in [6.45, 7) is 3.49. The van der Waals surface area contributed by atoms with Crippen LogP contribution in [0, 0.1) is 13.8 Å². The molecule has 108 valence electrons. The third kappa shape index (κ3) is 2.78. The molecule has 2 rings (SSSR count). The molecule has 8 nitrogen and oxygen atoms in total. The van der Waals surface area contributed by atoms with Gasteiger partial charge in [0.1, 0.15) is 4.90 Å². The van der Waals surface area contributed by atoms with E-state index in [9.17, 15) is 8.42 Å². The smallest absolute Gasteiger partial charge is 0.246 e. The zero-order valence-corrected chi connectivity index (χ0v) is 12.3. The summed E-state index contributed by atoms with van der Waals surface area (Å²) in [7, 11) is -2.10. The van der Waals surface area contributed by atoms with Crippen molar-refractivity contribution in [2.45, 2.75) is 25.3 Å². The highest BCUT2D eigenvalue weighted by Gasteiger charge is 2.24. The highest BCUT2D eigenvalue weighted by atomic mass is 32.2. The zero-order valence-electron chi connectivity index (χ0n) is 11.5. The van der Waals surface area contributed by atoms with Gasteiger partial charge >= 0.3 is 0 Å². The molecule has 0 aliphatic heterocycles. The van der Waals surface area contributed by atoms with Gasteiger partial charge in [-0.2, -0.15) is 5.10 Å². The van der Waals surface area contributed by atoms with Crippen molar-refractivity contribution in [1.82, 2.24) is 24.5 Å². The summed E-state index contributed by atoms with van der Waals surface area (Å²) in [4.78, 5) is 8.14. The van der Waals surface area contributed by atoms with E-state index >= 15 is 0 Å². The van der Waals surface area contributed by atoms with Crippen LogP contribution >= 0.6 is 0 Å². The lowest BCUT2D eigenvalue weighted by Crippen LogP contribution is -2.25. The highest BCUT2D eigenvalue weighted by Crippen LogP contribution is 2.20. The molecule has 0 atom stereocenters. The molecule has 0 aromatic carbocycles. The van der Waals surface area contributed by atoms with Crippen LogP contribution in [0.2, 0.25) is 0 Å². The number of hydrogen-bond donors (Lipinski definition) is 2. The molecule has 0 saturated heterocycles. The predicted molar refractivity (Wildman–Crippen MR) is 73.2 cm³/mol. The third-order valence-electron chi connectivity index (χ3n) is 2.85. The molecule has 0 radical (unpaired) electrons. The lowest BCUT2D eigenvalue weighted by atomic mass is 10.4. The molecule has 3 N–H and O–H groups in total. The van der Waals surface area contributed by atoms with E-state index < -0.39 is 10.0 Å². The number of nitrogen functional groups attached to an aromatic ring is 1. The SMILES string of the molecule is Cc1cnc(CNS(=O)(=O)c2c(N)nn(C)c2C)cn1. The monoisotopic (exact) mass is 296 g/mol. The van der Waals surface area contributed by atoms with E-state index in [4.69, 9.17) is 5.73 Å². The molecule has 0 aliphatic carbocycles. The third-order valence-corrected chi connectivity index (χ3v) is 4.42. The predicted octanol–water partition coefficient (Wildman–Crippen LogP) is -0.112. The molecular weight excluding hydrogens is 280 g/mol. The minimum absolute atomic E-state index is 0.0000656. The summed E-state index contributed by atoms with van der Waals surface area (Å²) in [5, 5.41) is 3.89. The molecular formula is C11H16N6O2S. The van der Waals surface area contributed by atoms with Gasteiger partial charge < -0.3 is 5.73 Å². The van der Waals surface area contributed by atoms with Crippen molar-refractivity contribution < 1.29 is 8.42 Å². The van der Waals surface area contributed by atoms with Crippen LogP contribution in [0.5, 0.6) is 0 Å². The van der Waals surface area contributed by atoms with Gasteiger partial charge in [-0.3, -0.25) is 14.6 Å². The Labute approximate surface area is 117 Å². The Morgan fingerprint density at radius 3 is 2.50 bits per heavy atom. The van der Waals surface area contributed by atoms with Crippen LogP contribution in [0.15, 0.2) is 17.3 Å². The minimum Gasteiger partial charge on any atom is -0.381 e. The molecule has 0 bridgehead atoms. The highest BCUT2D eigenvalue weighted by molar-refractivity contribution is 7.89. The fourth-order valence-corrected chi connectivity index (χ4v) is 3.02. The molecule has 2 aromatic heterocycles. The maximum Gasteiger partial charge on any atom is 0.246 e. The number of nitrogens with zero attached hydrogens (tertiary/aromatic N) is 4. The first kappa shape index (κ1) is 14.4. The summed E-state index contributed by atoms with van der Waals surface area (Å²) in [6, 6.07) is 0. The van der Waals surface area contributed by atoms with Gasteiger partial charge in [-0.1, -0.05) is 0 Å². The topological polar surface area (TPSA) is 116 Å². The molecule has 0 saturated carbocycles. The number of rotatable bonds is 4. The van der Waals surface area contributed by atoms with Crippen LogP contribution in [-0.2, 0) is 23.6 Å². The molecule has 0 spiro atoms. The fraction of sp³-hybridized carbons (Fsp3) is 0.364. The van der Waals surface area contributed by atoms with Gasteiger partial charge in [0.05, 0.1) is 29.8 Å². The van der Waals surface area contributed by atoms with Gasteiger partial charge in [0.25, 0.3) is 0 Å². The first-order valence-corrected chi connectivity index (χ1v) is 7.36. The second-order valence-corrected chi connectivity index (χ2v) is 6.10. The van der Waals surface area contributed by atoms with Crippen molar-refractivity contribution in [1.29, 1.82) is 0 Å². The van der Waals surface area contributed by atoms with Gasteiger partial charge in [-0.25, -0.2) is 13.1 Å². The first-order valence-electron chi connectivity index (χ1n) is 5.87. The molecule has 0 fully saturated rings. The number of aromatic nitrogens is 4. The number of aryl methyl sites for hydroxylation is 2. The number of sulfonamides is 1. The molecule has 2 heterocycles. The van der Waals surface area contributed by atoms with Crippen molar-refractivity contribution in [3.63, 3.8) is 0 Å². The van der Waals surface area contributed by atoms with E-state index in [-0.39, 0.29) is 17.3 Å². The van der Waals surface area contributed by atoms with Crippen molar-refractivity contribution in [3.8, 4) is 0 Å². The summed E-state index contributed by atoms with van der Waals surface area (Å²) >= 11 is 0.